The van der Waals surface area contributed by atoms with Crippen molar-refractivity contribution in [3.05, 3.63) is 42.0 Å². The summed E-state index contributed by atoms with van der Waals surface area (Å²) in [5.41, 5.74) is 1.68. The first-order valence-electron chi connectivity index (χ1n) is 11.0. The van der Waals surface area contributed by atoms with Crippen LogP contribution in [0.15, 0.2) is 41.3 Å². The number of aryl methyl sites for hydroxylation is 1. The van der Waals surface area contributed by atoms with Gasteiger partial charge in [-0.15, -0.1) is 0 Å². The number of carbonyl (C=O) groups excluding carboxylic acids is 1. The van der Waals surface area contributed by atoms with Gasteiger partial charge in [-0.2, -0.15) is 0 Å². The molecule has 10 heteroatoms. The molecule has 182 valence electrons. The van der Waals surface area contributed by atoms with Crippen LogP contribution in [0.2, 0.25) is 0 Å². The van der Waals surface area contributed by atoms with Crippen LogP contribution >= 0.6 is 0 Å². The molecule has 0 spiro atoms. The number of amides is 1. The Morgan fingerprint density at radius 1 is 1.06 bits per heavy atom. The van der Waals surface area contributed by atoms with Crippen molar-refractivity contribution in [3.63, 3.8) is 0 Å². The Morgan fingerprint density at radius 3 is 2.35 bits per heavy atom. The highest BCUT2D eigenvalue weighted by atomic mass is 32.2. The van der Waals surface area contributed by atoms with Crippen LogP contribution in [-0.2, 0) is 26.0 Å². The number of hydrogen-bond donors (Lipinski definition) is 2. The molecule has 1 heterocycles. The Labute approximate surface area is 198 Å². The minimum absolute atomic E-state index is 0.0771. The molecule has 1 aliphatic carbocycles. The monoisotopic (exact) mass is 488 g/mol. The third kappa shape index (κ3) is 3.96. The van der Waals surface area contributed by atoms with Gasteiger partial charge in [0.15, 0.2) is 0 Å². The minimum Gasteiger partial charge on any atom is -0.495 e. The molecule has 4 atom stereocenters. The molecule has 1 saturated carbocycles. The molecule has 4 rings (SSSR count). The van der Waals surface area contributed by atoms with Crippen LogP contribution in [0.3, 0.4) is 0 Å². The Hall–Kier alpha value is -3.27. The molecule has 2 N–H and O–H groups in total. The van der Waals surface area contributed by atoms with E-state index in [0.29, 0.717) is 12.1 Å². The average molecular weight is 489 g/mol. The van der Waals surface area contributed by atoms with Crippen molar-refractivity contribution in [1.82, 2.24) is 0 Å². The minimum atomic E-state index is -4.08. The summed E-state index contributed by atoms with van der Waals surface area (Å²) in [7, 11) is -1.33. The summed E-state index contributed by atoms with van der Waals surface area (Å²) in [6.07, 6.45) is 1.43. The van der Waals surface area contributed by atoms with Crippen molar-refractivity contribution in [2.24, 2.45) is 17.8 Å². The fraction of sp³-hybridized carbons (Fsp3) is 0.417. The number of benzene rings is 2. The van der Waals surface area contributed by atoms with E-state index in [1.165, 1.54) is 30.7 Å². The lowest BCUT2D eigenvalue weighted by atomic mass is 9.99. The molecule has 9 nitrogen and oxygen atoms in total. The number of carboxylic acids is 1. The first-order valence-corrected chi connectivity index (χ1v) is 12.5. The molecule has 0 radical (unpaired) electrons. The lowest BCUT2D eigenvalue weighted by Gasteiger charge is -2.36. The molecular weight excluding hydrogens is 460 g/mol. The molecule has 2 aromatic rings. The molecule has 0 bridgehead atoms. The lowest BCUT2D eigenvalue weighted by molar-refractivity contribution is -0.140. The van der Waals surface area contributed by atoms with Gasteiger partial charge in [0.05, 0.1) is 37.4 Å². The zero-order valence-corrected chi connectivity index (χ0v) is 20.3. The molecule has 34 heavy (non-hydrogen) atoms. The molecule has 0 aromatic heterocycles. The highest BCUT2D eigenvalue weighted by molar-refractivity contribution is 7.93. The fourth-order valence-electron chi connectivity index (χ4n) is 4.76. The smallest absolute Gasteiger partial charge is 0.307 e. The van der Waals surface area contributed by atoms with Crippen molar-refractivity contribution in [2.45, 2.75) is 37.6 Å². The topological polar surface area (TPSA) is 122 Å². The summed E-state index contributed by atoms with van der Waals surface area (Å²) in [6, 6.07) is 9.81. The largest absolute Gasteiger partial charge is 0.495 e. The van der Waals surface area contributed by atoms with E-state index >= 15 is 0 Å². The van der Waals surface area contributed by atoms with E-state index in [0.717, 1.165) is 12.0 Å². The van der Waals surface area contributed by atoms with Crippen LogP contribution in [0.5, 0.6) is 11.5 Å². The second-order valence-electron chi connectivity index (χ2n) is 8.76. The van der Waals surface area contributed by atoms with Crippen molar-refractivity contribution < 1.29 is 32.6 Å². The maximum absolute atomic E-state index is 13.9. The third-order valence-electron chi connectivity index (χ3n) is 6.71. The number of rotatable bonds is 7. The number of aliphatic carboxylic acids is 1. The predicted molar refractivity (Wildman–Crippen MR) is 126 cm³/mol. The van der Waals surface area contributed by atoms with Gasteiger partial charge in [-0.05, 0) is 43.4 Å². The summed E-state index contributed by atoms with van der Waals surface area (Å²) in [5.74, 6) is -3.02. The van der Waals surface area contributed by atoms with Crippen molar-refractivity contribution in [1.29, 1.82) is 0 Å². The number of ether oxygens (including phenoxy) is 2. The standard InChI is InChI=1S/C24H28N2O7S/c1-13-9-10-15-7-5-6-8-17(15)26(13)34(30,31)20-11-16(18(32-3)12-19(20)33-4)25-23(27)21-14(2)22(21)24(28)29/h5-8,11-14,21-22H,9-10H2,1-4H3,(H,25,27)(H,28,29)/t13-,14+,21+,22+/m0/s1. The molecule has 0 unspecified atom stereocenters. The highest BCUT2D eigenvalue weighted by Crippen LogP contribution is 2.47. The summed E-state index contributed by atoms with van der Waals surface area (Å²) < 4.78 is 40.0. The van der Waals surface area contributed by atoms with E-state index in [2.05, 4.69) is 5.32 Å². The maximum atomic E-state index is 13.9. The van der Waals surface area contributed by atoms with Gasteiger partial charge in [0, 0.05) is 12.1 Å². The van der Waals surface area contributed by atoms with Crippen LogP contribution in [0.4, 0.5) is 11.4 Å². The number of nitrogens with one attached hydrogen (secondary N) is 1. The molecular formula is C24H28N2O7S. The Balaban J connectivity index is 1.76. The van der Waals surface area contributed by atoms with E-state index in [-0.39, 0.29) is 34.0 Å². The second kappa shape index (κ2) is 8.83. The van der Waals surface area contributed by atoms with Crippen molar-refractivity contribution in [2.75, 3.05) is 23.8 Å². The van der Waals surface area contributed by atoms with Gasteiger partial charge in [0.2, 0.25) is 5.91 Å². The van der Waals surface area contributed by atoms with E-state index in [1.54, 1.807) is 19.1 Å². The lowest BCUT2D eigenvalue weighted by Crippen LogP contribution is -2.42. The van der Waals surface area contributed by atoms with Gasteiger partial charge in [0.1, 0.15) is 16.4 Å². The third-order valence-corrected chi connectivity index (χ3v) is 8.66. The van der Waals surface area contributed by atoms with E-state index < -0.39 is 33.7 Å². The Morgan fingerprint density at radius 2 is 1.74 bits per heavy atom. The van der Waals surface area contributed by atoms with E-state index in [9.17, 15) is 23.1 Å². The Kier molecular flexibility index (Phi) is 6.20. The van der Waals surface area contributed by atoms with Crippen molar-refractivity contribution in [3.8, 4) is 11.5 Å². The number of para-hydroxylation sites is 1. The first kappa shape index (κ1) is 23.9. The molecule has 0 saturated heterocycles. The zero-order valence-electron chi connectivity index (χ0n) is 19.4. The molecule has 1 aliphatic heterocycles. The summed E-state index contributed by atoms with van der Waals surface area (Å²) in [4.78, 5) is 24.0. The van der Waals surface area contributed by atoms with Crippen LogP contribution in [-0.4, -0.2) is 45.7 Å². The maximum Gasteiger partial charge on any atom is 0.307 e. The number of hydrogen-bond acceptors (Lipinski definition) is 6. The van der Waals surface area contributed by atoms with Gasteiger partial charge in [0.25, 0.3) is 10.0 Å². The second-order valence-corrected chi connectivity index (χ2v) is 10.5. The SMILES string of the molecule is COc1cc(OC)c(S(=O)(=O)N2c3ccccc3CC[C@@H]2C)cc1NC(=O)[C@@H]1[C@@H](C)[C@H]1C(=O)O. The van der Waals surface area contributed by atoms with Gasteiger partial charge >= 0.3 is 5.97 Å². The molecule has 2 aliphatic rings. The summed E-state index contributed by atoms with van der Waals surface area (Å²) in [6.45, 7) is 3.55. The van der Waals surface area contributed by atoms with Crippen LogP contribution in [0, 0.1) is 17.8 Å². The number of carboxylic acid groups (broad SMARTS) is 1. The van der Waals surface area contributed by atoms with Gasteiger partial charge in [-0.25, -0.2) is 8.42 Å². The van der Waals surface area contributed by atoms with Crippen LogP contribution < -0.4 is 19.1 Å². The average Bonchev–Trinajstić information content (AvgIpc) is 3.49. The van der Waals surface area contributed by atoms with Gasteiger partial charge < -0.3 is 19.9 Å². The summed E-state index contributed by atoms with van der Waals surface area (Å²) >= 11 is 0. The van der Waals surface area contributed by atoms with Crippen molar-refractivity contribution >= 4 is 33.3 Å². The van der Waals surface area contributed by atoms with Crippen LogP contribution in [0.1, 0.15) is 25.8 Å². The van der Waals surface area contributed by atoms with Crippen LogP contribution in [0.25, 0.3) is 0 Å². The molecule has 2 aromatic carbocycles. The zero-order chi connectivity index (χ0) is 24.8. The number of anilines is 2. The summed E-state index contributed by atoms with van der Waals surface area (Å²) in [5, 5.41) is 11.9. The number of methoxy groups -OCH3 is 2. The number of fused-ring (bicyclic) bond motifs is 1. The van der Waals surface area contributed by atoms with E-state index in [1.807, 2.05) is 19.1 Å². The molecule has 1 amide bonds. The normalized spacial score (nSPS) is 23.6. The quantitative estimate of drug-likeness (QED) is 0.614. The predicted octanol–water partition coefficient (Wildman–Crippen LogP) is 3.14. The number of sulfonamides is 1. The fourth-order valence-corrected chi connectivity index (χ4v) is 6.65. The highest BCUT2D eigenvalue weighted by Gasteiger charge is 2.56. The number of nitrogens with zero attached hydrogens (tertiary/aromatic N) is 1. The molecule has 1 fully saturated rings. The van der Waals surface area contributed by atoms with E-state index in [4.69, 9.17) is 9.47 Å². The van der Waals surface area contributed by atoms with Gasteiger partial charge in [-0.3, -0.25) is 13.9 Å². The van der Waals surface area contributed by atoms with Gasteiger partial charge in [-0.1, -0.05) is 25.1 Å². The first-order chi connectivity index (χ1) is 16.1. The Bertz CT molecular complexity index is 1240. The number of carbonyl (C=O) groups is 2.